The molecule has 1 atom stereocenters. The average molecular weight is 454 g/mol. The Hall–Kier alpha value is -3.39. The van der Waals surface area contributed by atoms with E-state index in [0.29, 0.717) is 38.8 Å². The summed E-state index contributed by atoms with van der Waals surface area (Å²) < 4.78 is 5.55. The van der Waals surface area contributed by atoms with Crippen molar-refractivity contribution in [3.63, 3.8) is 0 Å². The Kier molecular flexibility index (Phi) is 8.83. The SMILES string of the molecule is C[C@@H](OCc1ccccc1)C(=O)NNC(=O)C1CCC(N(Cc2ccccc2)C(=O)O)CC1. The molecule has 0 bridgehead atoms. The van der Waals surface area contributed by atoms with Gasteiger partial charge in [-0.05, 0) is 43.7 Å². The molecule has 1 aliphatic rings. The van der Waals surface area contributed by atoms with E-state index >= 15 is 0 Å². The Balaban J connectivity index is 1.41. The molecule has 3 N–H and O–H groups in total. The van der Waals surface area contributed by atoms with Crippen LogP contribution in [-0.4, -0.2) is 40.1 Å². The summed E-state index contributed by atoms with van der Waals surface area (Å²) in [6, 6.07) is 18.9. The molecule has 8 heteroatoms. The summed E-state index contributed by atoms with van der Waals surface area (Å²) in [6.45, 7) is 2.26. The highest BCUT2D eigenvalue weighted by atomic mass is 16.5. The van der Waals surface area contributed by atoms with Crippen molar-refractivity contribution in [3.05, 3.63) is 71.8 Å². The summed E-state index contributed by atoms with van der Waals surface area (Å²) in [5.41, 5.74) is 6.82. The number of hydrazine groups is 1. The summed E-state index contributed by atoms with van der Waals surface area (Å²) in [5.74, 6) is -0.954. The maximum absolute atomic E-state index is 12.5. The Morgan fingerprint density at radius 2 is 1.52 bits per heavy atom. The molecule has 0 aromatic heterocycles. The third-order valence-electron chi connectivity index (χ3n) is 5.97. The number of benzene rings is 2. The lowest BCUT2D eigenvalue weighted by molar-refractivity contribution is -0.138. The fourth-order valence-electron chi connectivity index (χ4n) is 3.98. The molecule has 8 nitrogen and oxygen atoms in total. The van der Waals surface area contributed by atoms with E-state index in [-0.39, 0.29) is 17.9 Å². The van der Waals surface area contributed by atoms with Gasteiger partial charge in [-0.1, -0.05) is 60.7 Å². The molecule has 0 saturated heterocycles. The summed E-state index contributed by atoms with van der Waals surface area (Å²) in [6.07, 6.45) is 0.645. The molecule has 0 radical (unpaired) electrons. The molecule has 2 aromatic carbocycles. The molecular formula is C25H31N3O5. The molecule has 2 aromatic rings. The first-order valence-corrected chi connectivity index (χ1v) is 11.2. The number of nitrogens with one attached hydrogen (secondary N) is 2. The third kappa shape index (κ3) is 7.32. The number of carbonyl (C=O) groups is 3. The second kappa shape index (κ2) is 12.0. The van der Waals surface area contributed by atoms with E-state index in [1.54, 1.807) is 6.92 Å². The number of rotatable bonds is 8. The number of hydrogen-bond acceptors (Lipinski definition) is 4. The molecule has 3 rings (SSSR count). The van der Waals surface area contributed by atoms with E-state index in [1.807, 2.05) is 60.7 Å². The summed E-state index contributed by atoms with van der Waals surface area (Å²) in [4.78, 5) is 38.0. The van der Waals surface area contributed by atoms with Gasteiger partial charge in [0.2, 0.25) is 5.91 Å². The molecule has 1 fully saturated rings. The van der Waals surface area contributed by atoms with Crippen LogP contribution >= 0.6 is 0 Å². The zero-order valence-corrected chi connectivity index (χ0v) is 18.8. The lowest BCUT2D eigenvalue weighted by Crippen LogP contribution is -2.49. The number of ether oxygens (including phenoxy) is 1. The standard InChI is InChI=1S/C25H31N3O5/c1-18(33-17-20-10-6-3-7-11-20)23(29)26-27-24(30)21-12-14-22(15-13-21)28(25(31)32)16-19-8-4-2-5-9-19/h2-11,18,21-22H,12-17H2,1H3,(H,26,29)(H,27,30)(H,31,32)/t18-,21?,22?/m1/s1. The maximum atomic E-state index is 12.5. The first-order chi connectivity index (χ1) is 15.9. The monoisotopic (exact) mass is 453 g/mol. The molecule has 0 spiro atoms. The molecule has 0 unspecified atom stereocenters. The number of nitrogens with zero attached hydrogens (tertiary/aromatic N) is 1. The van der Waals surface area contributed by atoms with Crippen molar-refractivity contribution in [1.29, 1.82) is 0 Å². The van der Waals surface area contributed by atoms with E-state index < -0.39 is 18.1 Å². The quantitative estimate of drug-likeness (QED) is 0.531. The Morgan fingerprint density at radius 3 is 2.09 bits per heavy atom. The molecule has 33 heavy (non-hydrogen) atoms. The molecular weight excluding hydrogens is 422 g/mol. The van der Waals surface area contributed by atoms with Crippen LogP contribution in [0.2, 0.25) is 0 Å². The van der Waals surface area contributed by atoms with Crippen LogP contribution in [0.15, 0.2) is 60.7 Å². The lowest BCUT2D eigenvalue weighted by atomic mass is 9.85. The number of hydrogen-bond donors (Lipinski definition) is 3. The van der Waals surface area contributed by atoms with E-state index in [1.165, 1.54) is 4.90 Å². The molecule has 1 aliphatic carbocycles. The van der Waals surface area contributed by atoms with Crippen molar-refractivity contribution in [2.45, 2.75) is 57.9 Å². The molecule has 176 valence electrons. The van der Waals surface area contributed by atoms with Gasteiger partial charge in [-0.25, -0.2) is 4.79 Å². The van der Waals surface area contributed by atoms with Crippen LogP contribution in [0.25, 0.3) is 0 Å². The van der Waals surface area contributed by atoms with Crippen molar-refractivity contribution in [2.75, 3.05) is 0 Å². The van der Waals surface area contributed by atoms with Crippen molar-refractivity contribution in [2.24, 2.45) is 5.92 Å². The smallest absolute Gasteiger partial charge is 0.407 e. The minimum absolute atomic E-state index is 0.132. The highest BCUT2D eigenvalue weighted by Gasteiger charge is 2.32. The first-order valence-electron chi connectivity index (χ1n) is 11.2. The van der Waals surface area contributed by atoms with Crippen LogP contribution in [0.1, 0.15) is 43.7 Å². The molecule has 1 saturated carbocycles. The van der Waals surface area contributed by atoms with E-state index in [0.717, 1.165) is 11.1 Å². The van der Waals surface area contributed by atoms with Gasteiger partial charge in [-0.2, -0.15) is 0 Å². The van der Waals surface area contributed by atoms with Gasteiger partial charge in [0.15, 0.2) is 0 Å². The van der Waals surface area contributed by atoms with Crippen LogP contribution in [0.3, 0.4) is 0 Å². The normalized spacial score (nSPS) is 18.7. The molecule has 0 aliphatic heterocycles. The maximum Gasteiger partial charge on any atom is 0.407 e. The topological polar surface area (TPSA) is 108 Å². The predicted molar refractivity (Wildman–Crippen MR) is 123 cm³/mol. The highest BCUT2D eigenvalue weighted by Crippen LogP contribution is 2.28. The van der Waals surface area contributed by atoms with Gasteiger partial charge in [0, 0.05) is 18.5 Å². The Bertz CT molecular complexity index is 914. The number of amides is 3. The number of carbonyl (C=O) groups excluding carboxylic acids is 2. The minimum atomic E-state index is -0.955. The predicted octanol–water partition coefficient (Wildman–Crippen LogP) is 3.48. The largest absolute Gasteiger partial charge is 0.465 e. The van der Waals surface area contributed by atoms with Gasteiger partial charge >= 0.3 is 6.09 Å². The third-order valence-corrected chi connectivity index (χ3v) is 5.97. The van der Waals surface area contributed by atoms with Gasteiger partial charge < -0.3 is 14.7 Å². The minimum Gasteiger partial charge on any atom is -0.465 e. The summed E-state index contributed by atoms with van der Waals surface area (Å²) in [7, 11) is 0. The van der Waals surface area contributed by atoms with Crippen LogP contribution in [0.4, 0.5) is 4.79 Å². The first kappa shape index (κ1) is 24.3. The average Bonchev–Trinajstić information content (AvgIpc) is 2.85. The van der Waals surface area contributed by atoms with Gasteiger partial charge in [0.1, 0.15) is 6.10 Å². The zero-order valence-electron chi connectivity index (χ0n) is 18.8. The Morgan fingerprint density at radius 1 is 0.939 bits per heavy atom. The second-order valence-corrected chi connectivity index (χ2v) is 8.32. The summed E-state index contributed by atoms with van der Waals surface area (Å²) in [5, 5.41) is 9.66. The number of carboxylic acid groups (broad SMARTS) is 1. The van der Waals surface area contributed by atoms with Crippen molar-refractivity contribution >= 4 is 17.9 Å². The van der Waals surface area contributed by atoms with Crippen molar-refractivity contribution < 1.29 is 24.2 Å². The van der Waals surface area contributed by atoms with E-state index in [9.17, 15) is 19.5 Å². The van der Waals surface area contributed by atoms with Gasteiger partial charge in [0.25, 0.3) is 5.91 Å². The fourth-order valence-corrected chi connectivity index (χ4v) is 3.98. The summed E-state index contributed by atoms with van der Waals surface area (Å²) >= 11 is 0. The van der Waals surface area contributed by atoms with Crippen LogP contribution in [0.5, 0.6) is 0 Å². The fraction of sp³-hybridized carbons (Fsp3) is 0.400. The second-order valence-electron chi connectivity index (χ2n) is 8.32. The Labute approximate surface area is 193 Å². The van der Waals surface area contributed by atoms with Crippen LogP contribution in [0, 0.1) is 5.92 Å². The van der Waals surface area contributed by atoms with Gasteiger partial charge in [0.05, 0.1) is 6.61 Å². The van der Waals surface area contributed by atoms with E-state index in [4.69, 9.17) is 4.74 Å². The molecule has 3 amide bonds. The zero-order chi connectivity index (χ0) is 23.6. The van der Waals surface area contributed by atoms with Crippen molar-refractivity contribution in [1.82, 2.24) is 15.8 Å². The highest BCUT2D eigenvalue weighted by molar-refractivity contribution is 5.85. The van der Waals surface area contributed by atoms with Gasteiger partial charge in [-0.15, -0.1) is 0 Å². The molecule has 0 heterocycles. The van der Waals surface area contributed by atoms with Crippen LogP contribution < -0.4 is 10.9 Å². The van der Waals surface area contributed by atoms with Crippen molar-refractivity contribution in [3.8, 4) is 0 Å². The lowest BCUT2D eigenvalue weighted by Gasteiger charge is -2.35. The van der Waals surface area contributed by atoms with Gasteiger partial charge in [-0.3, -0.25) is 20.4 Å². The van der Waals surface area contributed by atoms with Crippen LogP contribution in [-0.2, 0) is 27.5 Å². The van der Waals surface area contributed by atoms with E-state index in [2.05, 4.69) is 10.9 Å².